The van der Waals surface area contributed by atoms with E-state index >= 15 is 0 Å². The average molecular weight is 659 g/mol. The van der Waals surface area contributed by atoms with Gasteiger partial charge >= 0.3 is 5.97 Å². The van der Waals surface area contributed by atoms with Crippen LogP contribution in [0.5, 0.6) is 0 Å². The summed E-state index contributed by atoms with van der Waals surface area (Å²) in [5.41, 5.74) is 2.99. The first-order valence-corrected chi connectivity index (χ1v) is 16.1. The van der Waals surface area contributed by atoms with E-state index in [0.29, 0.717) is 43.0 Å². The van der Waals surface area contributed by atoms with E-state index in [1.54, 1.807) is 35.2 Å². The fourth-order valence-electron chi connectivity index (χ4n) is 5.87. The molecule has 6 rings (SSSR count). The number of esters is 1. The first-order valence-electron chi connectivity index (χ1n) is 15.3. The summed E-state index contributed by atoms with van der Waals surface area (Å²) in [5.74, 6) is -1.44. The van der Waals surface area contributed by atoms with E-state index in [4.69, 9.17) is 4.74 Å². The SMILES string of the molecule is COC(=O)c1ccc(/C=c2\s/c(=C(/C#N)C(=O)N3CCN(C(c4ccccc4)c4ccccc4)CC3)n(-c3ccc(F)cc3)c2=O)cc1. The summed E-state index contributed by atoms with van der Waals surface area (Å²) < 4.78 is 20.3. The van der Waals surface area contributed by atoms with Gasteiger partial charge in [-0.1, -0.05) is 72.8 Å². The van der Waals surface area contributed by atoms with Gasteiger partial charge in [0.15, 0.2) is 5.57 Å². The number of aromatic nitrogens is 1. The van der Waals surface area contributed by atoms with Gasteiger partial charge in [-0.25, -0.2) is 9.18 Å². The van der Waals surface area contributed by atoms with Crippen LogP contribution in [-0.2, 0) is 9.53 Å². The zero-order valence-electron chi connectivity index (χ0n) is 26.1. The predicted octanol–water partition coefficient (Wildman–Crippen LogP) is 4.26. The molecule has 48 heavy (non-hydrogen) atoms. The Balaban J connectivity index is 1.36. The van der Waals surface area contributed by atoms with Crippen LogP contribution in [0.25, 0.3) is 17.3 Å². The maximum atomic E-state index is 14.0. The Morgan fingerprint density at radius 3 is 1.98 bits per heavy atom. The van der Waals surface area contributed by atoms with Crippen molar-refractivity contribution < 1.29 is 18.7 Å². The molecule has 1 aromatic heterocycles. The van der Waals surface area contributed by atoms with Crippen molar-refractivity contribution in [2.75, 3.05) is 33.3 Å². The van der Waals surface area contributed by atoms with Gasteiger partial charge in [0.2, 0.25) is 0 Å². The number of nitrogens with zero attached hydrogens (tertiary/aromatic N) is 4. The van der Waals surface area contributed by atoms with E-state index in [0.717, 1.165) is 22.5 Å². The van der Waals surface area contributed by atoms with Crippen molar-refractivity contribution >= 4 is 34.9 Å². The Labute approximate surface area is 280 Å². The molecule has 240 valence electrons. The molecule has 0 atom stereocenters. The summed E-state index contributed by atoms with van der Waals surface area (Å²) >= 11 is 1.01. The van der Waals surface area contributed by atoms with Crippen LogP contribution in [-0.4, -0.2) is 59.5 Å². The zero-order chi connectivity index (χ0) is 33.6. The number of methoxy groups -OCH3 is 1. The highest BCUT2D eigenvalue weighted by molar-refractivity contribution is 7.07. The van der Waals surface area contributed by atoms with E-state index < -0.39 is 23.3 Å². The summed E-state index contributed by atoms with van der Waals surface area (Å²) in [6.45, 7) is 1.93. The second kappa shape index (κ2) is 14.4. The lowest BCUT2D eigenvalue weighted by molar-refractivity contribution is -0.126. The molecule has 0 unspecified atom stereocenters. The number of hydrogen-bond donors (Lipinski definition) is 0. The van der Waals surface area contributed by atoms with Gasteiger partial charge in [0.25, 0.3) is 11.5 Å². The molecule has 1 aliphatic rings. The highest BCUT2D eigenvalue weighted by Crippen LogP contribution is 2.29. The molecule has 1 fully saturated rings. The third kappa shape index (κ3) is 6.74. The Hall–Kier alpha value is -5.63. The number of ether oxygens (including phenoxy) is 1. The molecule has 0 bridgehead atoms. The number of amides is 1. The number of carbonyl (C=O) groups is 2. The van der Waals surface area contributed by atoms with Crippen LogP contribution in [0.2, 0.25) is 0 Å². The van der Waals surface area contributed by atoms with Gasteiger partial charge in [-0.2, -0.15) is 5.26 Å². The Morgan fingerprint density at radius 1 is 0.854 bits per heavy atom. The molecule has 0 spiro atoms. The summed E-state index contributed by atoms with van der Waals surface area (Å²) in [4.78, 5) is 43.7. The highest BCUT2D eigenvalue weighted by atomic mass is 32.1. The van der Waals surface area contributed by atoms with Crippen molar-refractivity contribution in [3.05, 3.63) is 157 Å². The van der Waals surface area contributed by atoms with Crippen molar-refractivity contribution in [3.8, 4) is 11.8 Å². The Bertz CT molecular complexity index is 2110. The summed E-state index contributed by atoms with van der Waals surface area (Å²) in [7, 11) is 1.30. The minimum Gasteiger partial charge on any atom is -0.465 e. The van der Waals surface area contributed by atoms with Crippen LogP contribution in [0.4, 0.5) is 4.39 Å². The van der Waals surface area contributed by atoms with Crippen LogP contribution in [0.15, 0.2) is 114 Å². The van der Waals surface area contributed by atoms with Crippen LogP contribution >= 0.6 is 11.3 Å². The summed E-state index contributed by atoms with van der Waals surface area (Å²) in [6.07, 6.45) is 1.63. The summed E-state index contributed by atoms with van der Waals surface area (Å²) in [5, 5.41) is 10.4. The molecule has 10 heteroatoms. The van der Waals surface area contributed by atoms with Gasteiger partial charge < -0.3 is 9.64 Å². The van der Waals surface area contributed by atoms with E-state index in [1.165, 1.54) is 35.9 Å². The van der Waals surface area contributed by atoms with Crippen molar-refractivity contribution in [2.24, 2.45) is 0 Å². The smallest absolute Gasteiger partial charge is 0.337 e. The normalized spacial score (nSPS) is 14.5. The fraction of sp³-hybridized carbons (Fsp3) is 0.158. The molecule has 1 amide bonds. The maximum Gasteiger partial charge on any atom is 0.337 e. The van der Waals surface area contributed by atoms with Crippen LogP contribution < -0.4 is 14.8 Å². The zero-order valence-corrected chi connectivity index (χ0v) is 26.9. The molecule has 0 radical (unpaired) electrons. The van der Waals surface area contributed by atoms with Crippen LogP contribution in [0.1, 0.15) is 33.1 Å². The number of rotatable bonds is 7. The topological polar surface area (TPSA) is 95.6 Å². The van der Waals surface area contributed by atoms with Gasteiger partial charge in [-0.3, -0.25) is 19.1 Å². The van der Waals surface area contributed by atoms with Crippen molar-refractivity contribution in [2.45, 2.75) is 6.04 Å². The molecule has 1 aliphatic heterocycles. The summed E-state index contributed by atoms with van der Waals surface area (Å²) in [6, 6.07) is 34.4. The molecule has 8 nitrogen and oxygen atoms in total. The van der Waals surface area contributed by atoms with E-state index in [1.807, 2.05) is 36.4 Å². The first kappa shape index (κ1) is 32.3. The van der Waals surface area contributed by atoms with Gasteiger partial charge in [0.05, 0.1) is 28.9 Å². The molecular formula is C38H31FN4O4S. The molecule has 4 aromatic carbocycles. The van der Waals surface area contributed by atoms with Crippen molar-refractivity contribution in [1.29, 1.82) is 5.26 Å². The second-order valence-corrected chi connectivity index (χ2v) is 12.2. The minimum atomic E-state index is -0.484. The average Bonchev–Trinajstić information content (AvgIpc) is 3.44. The molecule has 1 saturated heterocycles. The minimum absolute atomic E-state index is 0.00445. The van der Waals surface area contributed by atoms with Gasteiger partial charge in [0, 0.05) is 26.2 Å². The number of nitriles is 1. The lowest BCUT2D eigenvalue weighted by atomic mass is 9.96. The number of thiazole rings is 1. The maximum absolute atomic E-state index is 14.0. The standard InChI is InChI=1S/C38H31FN4O4S/c1-47-38(46)29-14-12-26(13-15-29)24-33-36(45)43(31-18-16-30(39)17-19-31)37(48-33)32(25-40)35(44)42-22-20-41(21-23-42)34(27-8-4-2-5-9-27)28-10-6-3-7-11-28/h2-19,24,34H,20-23H2,1H3/b33-24-,37-32-. The quantitative estimate of drug-likeness (QED) is 0.243. The molecule has 0 aliphatic carbocycles. The number of halogens is 1. The lowest BCUT2D eigenvalue weighted by Crippen LogP contribution is -2.50. The Morgan fingerprint density at radius 2 is 1.44 bits per heavy atom. The van der Waals surface area contributed by atoms with Crippen molar-refractivity contribution in [1.82, 2.24) is 14.4 Å². The molecule has 0 N–H and O–H groups in total. The number of carbonyl (C=O) groups excluding carboxylic acids is 2. The van der Waals surface area contributed by atoms with Crippen molar-refractivity contribution in [3.63, 3.8) is 0 Å². The predicted molar refractivity (Wildman–Crippen MR) is 182 cm³/mol. The second-order valence-electron chi connectivity index (χ2n) is 11.2. The largest absolute Gasteiger partial charge is 0.465 e. The lowest BCUT2D eigenvalue weighted by Gasteiger charge is -2.39. The van der Waals surface area contributed by atoms with E-state index in [2.05, 4.69) is 35.2 Å². The van der Waals surface area contributed by atoms with Gasteiger partial charge in [0.1, 0.15) is 16.5 Å². The van der Waals surface area contributed by atoms with Crippen LogP contribution in [0.3, 0.4) is 0 Å². The molecule has 0 saturated carbocycles. The van der Waals surface area contributed by atoms with Gasteiger partial charge in [-0.05, 0) is 59.2 Å². The molecule has 5 aromatic rings. The van der Waals surface area contributed by atoms with Gasteiger partial charge in [-0.15, -0.1) is 11.3 Å². The third-order valence-electron chi connectivity index (χ3n) is 8.27. The number of benzene rings is 4. The molecule has 2 heterocycles. The monoisotopic (exact) mass is 658 g/mol. The number of hydrogen-bond acceptors (Lipinski definition) is 7. The fourth-order valence-corrected chi connectivity index (χ4v) is 6.97. The number of piperazine rings is 1. The highest BCUT2D eigenvalue weighted by Gasteiger charge is 2.30. The first-order chi connectivity index (χ1) is 23.4. The van der Waals surface area contributed by atoms with E-state index in [-0.39, 0.29) is 20.8 Å². The van der Waals surface area contributed by atoms with Crippen LogP contribution in [0, 0.1) is 17.1 Å². The van der Waals surface area contributed by atoms with E-state index in [9.17, 15) is 24.0 Å². The Kier molecular flexibility index (Phi) is 9.71. The third-order valence-corrected chi connectivity index (χ3v) is 9.37. The molecular weight excluding hydrogens is 628 g/mol.